The molecule has 1 heterocycles. The van der Waals surface area contributed by atoms with Crippen LogP contribution in [0.25, 0.3) is 0 Å². The van der Waals surface area contributed by atoms with Crippen LogP contribution >= 0.6 is 0 Å². The zero-order valence-electron chi connectivity index (χ0n) is 13.0. The van der Waals surface area contributed by atoms with Gasteiger partial charge in [-0.1, -0.05) is 13.0 Å². The number of nitrogens with zero attached hydrogens (tertiary/aromatic N) is 2. The molecule has 0 amide bonds. The molecule has 0 aliphatic heterocycles. The van der Waals surface area contributed by atoms with Crippen molar-refractivity contribution in [3.8, 4) is 5.75 Å². The van der Waals surface area contributed by atoms with E-state index in [2.05, 4.69) is 34.4 Å². The zero-order valence-corrected chi connectivity index (χ0v) is 13.0. The maximum Gasteiger partial charge on any atom is 0.136 e. The average Bonchev–Trinajstić information content (AvgIpc) is 2.46. The van der Waals surface area contributed by atoms with Crippen molar-refractivity contribution in [1.29, 1.82) is 0 Å². The van der Waals surface area contributed by atoms with Crippen LogP contribution in [0.1, 0.15) is 26.1 Å². The number of nitrogens with one attached hydrogen (secondary N) is 2. The Balaban J connectivity index is 2.16. The van der Waals surface area contributed by atoms with E-state index in [1.165, 1.54) is 0 Å². The van der Waals surface area contributed by atoms with Crippen LogP contribution in [0.15, 0.2) is 30.3 Å². The Hall–Kier alpha value is -2.30. The molecule has 2 N–H and O–H groups in total. The van der Waals surface area contributed by atoms with Crippen molar-refractivity contribution in [2.24, 2.45) is 0 Å². The van der Waals surface area contributed by atoms with Gasteiger partial charge in [0.1, 0.15) is 23.2 Å². The molecule has 1 aromatic heterocycles. The van der Waals surface area contributed by atoms with Gasteiger partial charge in [-0.15, -0.1) is 0 Å². The van der Waals surface area contributed by atoms with Gasteiger partial charge in [0.05, 0.1) is 6.10 Å². The molecule has 0 aliphatic carbocycles. The van der Waals surface area contributed by atoms with Gasteiger partial charge in [-0.3, -0.25) is 0 Å². The first kappa shape index (κ1) is 15.1. The Morgan fingerprint density at radius 2 is 1.95 bits per heavy atom. The molecule has 2 aromatic rings. The second-order valence-corrected chi connectivity index (χ2v) is 4.93. The minimum atomic E-state index is 0.206. The third kappa shape index (κ3) is 4.34. The van der Waals surface area contributed by atoms with Crippen molar-refractivity contribution in [2.75, 3.05) is 17.7 Å². The summed E-state index contributed by atoms with van der Waals surface area (Å²) in [7, 11) is 1.84. The third-order valence-corrected chi connectivity index (χ3v) is 3.11. The molecule has 0 saturated carbocycles. The van der Waals surface area contributed by atoms with E-state index in [-0.39, 0.29) is 6.10 Å². The third-order valence-electron chi connectivity index (χ3n) is 3.11. The lowest BCUT2D eigenvalue weighted by atomic mass is 10.2. The number of aryl methyl sites for hydroxylation is 1. The number of hydrogen-bond donors (Lipinski definition) is 2. The molecule has 0 aliphatic rings. The topological polar surface area (TPSA) is 59.1 Å². The van der Waals surface area contributed by atoms with Crippen molar-refractivity contribution < 1.29 is 4.74 Å². The zero-order chi connectivity index (χ0) is 15.2. The molecule has 21 heavy (non-hydrogen) atoms. The predicted molar refractivity (Wildman–Crippen MR) is 86.4 cm³/mol. The maximum absolute atomic E-state index is 5.83. The van der Waals surface area contributed by atoms with Crippen molar-refractivity contribution in [3.63, 3.8) is 0 Å². The van der Waals surface area contributed by atoms with Crippen molar-refractivity contribution in [3.05, 3.63) is 36.2 Å². The van der Waals surface area contributed by atoms with E-state index in [1.54, 1.807) is 0 Å². The second-order valence-electron chi connectivity index (χ2n) is 4.93. The summed E-state index contributed by atoms with van der Waals surface area (Å²) in [6.45, 7) is 6.04. The van der Waals surface area contributed by atoms with Crippen LogP contribution in [0.4, 0.5) is 17.3 Å². The largest absolute Gasteiger partial charge is 0.491 e. The van der Waals surface area contributed by atoms with Crippen LogP contribution in [0.5, 0.6) is 5.75 Å². The Labute approximate surface area is 125 Å². The van der Waals surface area contributed by atoms with Gasteiger partial charge in [0.25, 0.3) is 0 Å². The van der Waals surface area contributed by atoms with Crippen LogP contribution in [-0.2, 0) is 0 Å². The van der Waals surface area contributed by atoms with E-state index in [0.717, 1.165) is 35.3 Å². The molecule has 5 nitrogen and oxygen atoms in total. The normalized spacial score (nSPS) is 11.8. The molecule has 0 spiro atoms. The molecule has 1 atom stereocenters. The highest BCUT2D eigenvalue weighted by Gasteiger charge is 2.04. The van der Waals surface area contributed by atoms with Crippen LogP contribution in [0, 0.1) is 6.92 Å². The summed E-state index contributed by atoms with van der Waals surface area (Å²) >= 11 is 0. The minimum Gasteiger partial charge on any atom is -0.491 e. The Morgan fingerprint density at radius 1 is 1.19 bits per heavy atom. The summed E-state index contributed by atoms with van der Waals surface area (Å²) in [5.74, 6) is 3.12. The standard InChI is InChI=1S/C16H22N4O/c1-5-11(2)21-14-8-6-7-13(9-14)20-16-10-15(17-4)18-12(3)19-16/h6-11H,5H2,1-4H3,(H2,17,18,19,20). The van der Waals surface area contributed by atoms with Gasteiger partial charge in [0.15, 0.2) is 0 Å². The lowest BCUT2D eigenvalue weighted by Crippen LogP contribution is -2.09. The van der Waals surface area contributed by atoms with E-state index < -0.39 is 0 Å². The molecule has 1 unspecified atom stereocenters. The van der Waals surface area contributed by atoms with Gasteiger partial charge in [0.2, 0.25) is 0 Å². The second kappa shape index (κ2) is 6.92. The van der Waals surface area contributed by atoms with Crippen LogP contribution < -0.4 is 15.4 Å². The number of benzene rings is 1. The fourth-order valence-electron chi connectivity index (χ4n) is 1.87. The van der Waals surface area contributed by atoms with Crippen molar-refractivity contribution >= 4 is 17.3 Å². The lowest BCUT2D eigenvalue weighted by molar-refractivity contribution is 0.217. The fraction of sp³-hybridized carbons (Fsp3) is 0.375. The van der Waals surface area contributed by atoms with Crippen LogP contribution in [-0.4, -0.2) is 23.1 Å². The highest BCUT2D eigenvalue weighted by molar-refractivity contribution is 5.60. The average molecular weight is 286 g/mol. The summed E-state index contributed by atoms with van der Waals surface area (Å²) in [5, 5.41) is 6.30. The minimum absolute atomic E-state index is 0.206. The smallest absolute Gasteiger partial charge is 0.136 e. The Morgan fingerprint density at radius 3 is 2.67 bits per heavy atom. The van der Waals surface area contributed by atoms with Gasteiger partial charge >= 0.3 is 0 Å². The quantitative estimate of drug-likeness (QED) is 0.847. The van der Waals surface area contributed by atoms with E-state index in [1.807, 2.05) is 44.3 Å². The number of hydrogen-bond acceptors (Lipinski definition) is 5. The molecule has 0 saturated heterocycles. The van der Waals surface area contributed by atoms with Crippen molar-refractivity contribution in [2.45, 2.75) is 33.3 Å². The number of aromatic nitrogens is 2. The van der Waals surface area contributed by atoms with Gasteiger partial charge in [0, 0.05) is 24.9 Å². The van der Waals surface area contributed by atoms with Gasteiger partial charge < -0.3 is 15.4 Å². The fourth-order valence-corrected chi connectivity index (χ4v) is 1.87. The van der Waals surface area contributed by atoms with Crippen molar-refractivity contribution in [1.82, 2.24) is 9.97 Å². The summed E-state index contributed by atoms with van der Waals surface area (Å²) in [6.07, 6.45) is 1.19. The molecule has 1 aromatic carbocycles. The highest BCUT2D eigenvalue weighted by atomic mass is 16.5. The van der Waals surface area contributed by atoms with E-state index in [4.69, 9.17) is 4.74 Å². The highest BCUT2D eigenvalue weighted by Crippen LogP contribution is 2.22. The van der Waals surface area contributed by atoms with Gasteiger partial charge in [-0.05, 0) is 32.4 Å². The molecule has 0 radical (unpaired) electrons. The number of ether oxygens (including phenoxy) is 1. The van der Waals surface area contributed by atoms with E-state index in [9.17, 15) is 0 Å². The number of anilines is 3. The molecular weight excluding hydrogens is 264 g/mol. The summed E-state index contributed by atoms with van der Waals surface area (Å²) in [6, 6.07) is 9.76. The number of rotatable bonds is 6. The lowest BCUT2D eigenvalue weighted by Gasteiger charge is -2.14. The maximum atomic E-state index is 5.83. The first-order chi connectivity index (χ1) is 10.1. The summed E-state index contributed by atoms with van der Waals surface area (Å²) < 4.78 is 5.83. The molecule has 5 heteroatoms. The molecule has 0 bridgehead atoms. The monoisotopic (exact) mass is 286 g/mol. The molecule has 2 rings (SSSR count). The van der Waals surface area contributed by atoms with Gasteiger partial charge in [-0.2, -0.15) is 0 Å². The van der Waals surface area contributed by atoms with Crippen LogP contribution in [0.3, 0.4) is 0 Å². The first-order valence-electron chi connectivity index (χ1n) is 7.18. The van der Waals surface area contributed by atoms with E-state index in [0.29, 0.717) is 0 Å². The Kier molecular flexibility index (Phi) is 4.98. The predicted octanol–water partition coefficient (Wildman–Crippen LogP) is 3.75. The summed E-state index contributed by atoms with van der Waals surface area (Å²) in [5.41, 5.74) is 0.941. The van der Waals surface area contributed by atoms with Gasteiger partial charge in [-0.25, -0.2) is 9.97 Å². The van der Waals surface area contributed by atoms with E-state index >= 15 is 0 Å². The molecule has 112 valence electrons. The summed E-state index contributed by atoms with van der Waals surface area (Å²) in [4.78, 5) is 8.66. The Bertz CT molecular complexity index is 601. The molecule has 0 fully saturated rings. The SMILES string of the molecule is CCC(C)Oc1cccc(Nc2cc(NC)nc(C)n2)c1. The van der Waals surface area contributed by atoms with Crippen LogP contribution in [0.2, 0.25) is 0 Å². The first-order valence-corrected chi connectivity index (χ1v) is 7.18. The molecular formula is C16H22N4O.